The van der Waals surface area contributed by atoms with E-state index in [-0.39, 0.29) is 0 Å². The SMILES string of the molecule is Cc1cccc(CN2C3COCC2CC(OCC2CC2)C3)c1. The van der Waals surface area contributed by atoms with E-state index in [0.29, 0.717) is 18.2 Å². The molecule has 3 aliphatic rings. The minimum absolute atomic E-state index is 0.452. The van der Waals surface area contributed by atoms with E-state index in [1.807, 2.05) is 0 Å². The van der Waals surface area contributed by atoms with Crippen molar-refractivity contribution in [2.75, 3.05) is 19.8 Å². The molecule has 4 rings (SSSR count). The molecule has 22 heavy (non-hydrogen) atoms. The van der Waals surface area contributed by atoms with Gasteiger partial charge in [0.25, 0.3) is 0 Å². The number of hydrogen-bond donors (Lipinski definition) is 0. The second kappa shape index (κ2) is 6.31. The van der Waals surface area contributed by atoms with Gasteiger partial charge in [-0.3, -0.25) is 4.90 Å². The Kier molecular flexibility index (Phi) is 4.21. The minimum atomic E-state index is 0.452. The van der Waals surface area contributed by atoms with Crippen LogP contribution in [0.25, 0.3) is 0 Å². The highest BCUT2D eigenvalue weighted by Crippen LogP contribution is 2.34. The summed E-state index contributed by atoms with van der Waals surface area (Å²) in [4.78, 5) is 2.66. The first-order valence-corrected chi connectivity index (χ1v) is 8.78. The van der Waals surface area contributed by atoms with Gasteiger partial charge in [0.2, 0.25) is 0 Å². The molecule has 2 saturated heterocycles. The van der Waals surface area contributed by atoms with Gasteiger partial charge in [-0.05, 0) is 44.1 Å². The molecule has 0 aromatic heterocycles. The molecule has 2 aliphatic heterocycles. The van der Waals surface area contributed by atoms with E-state index in [1.54, 1.807) is 0 Å². The Hall–Kier alpha value is -0.900. The van der Waals surface area contributed by atoms with E-state index in [2.05, 4.69) is 36.1 Å². The van der Waals surface area contributed by atoms with Gasteiger partial charge in [-0.2, -0.15) is 0 Å². The second-order valence-electron chi connectivity index (χ2n) is 7.38. The molecule has 2 bridgehead atoms. The smallest absolute Gasteiger partial charge is 0.0623 e. The van der Waals surface area contributed by atoms with Crippen LogP contribution in [0.15, 0.2) is 24.3 Å². The largest absolute Gasteiger partial charge is 0.378 e. The van der Waals surface area contributed by atoms with Crippen molar-refractivity contribution in [1.82, 2.24) is 4.90 Å². The number of rotatable bonds is 5. The predicted octanol–water partition coefficient (Wildman–Crippen LogP) is 3.15. The summed E-state index contributed by atoms with van der Waals surface area (Å²) in [6, 6.07) is 9.95. The van der Waals surface area contributed by atoms with E-state index in [4.69, 9.17) is 9.47 Å². The van der Waals surface area contributed by atoms with Crippen LogP contribution in [0.5, 0.6) is 0 Å². The molecule has 1 aromatic carbocycles. The van der Waals surface area contributed by atoms with Crippen LogP contribution >= 0.6 is 0 Å². The van der Waals surface area contributed by atoms with Crippen LogP contribution < -0.4 is 0 Å². The fraction of sp³-hybridized carbons (Fsp3) is 0.684. The van der Waals surface area contributed by atoms with E-state index in [9.17, 15) is 0 Å². The van der Waals surface area contributed by atoms with Gasteiger partial charge in [0, 0.05) is 25.2 Å². The summed E-state index contributed by atoms with van der Waals surface area (Å²) in [6.07, 6.45) is 5.47. The van der Waals surface area contributed by atoms with E-state index in [0.717, 1.165) is 45.1 Å². The lowest BCUT2D eigenvalue weighted by atomic mass is 9.91. The molecule has 1 aliphatic carbocycles. The van der Waals surface area contributed by atoms with Gasteiger partial charge in [0.05, 0.1) is 19.3 Å². The van der Waals surface area contributed by atoms with Gasteiger partial charge in [0.1, 0.15) is 0 Å². The number of hydrogen-bond acceptors (Lipinski definition) is 3. The van der Waals surface area contributed by atoms with Crippen molar-refractivity contribution in [3.8, 4) is 0 Å². The van der Waals surface area contributed by atoms with Gasteiger partial charge in [0.15, 0.2) is 0 Å². The number of morpholine rings is 1. The summed E-state index contributed by atoms with van der Waals surface area (Å²) >= 11 is 0. The summed E-state index contributed by atoms with van der Waals surface area (Å²) in [5.41, 5.74) is 2.77. The minimum Gasteiger partial charge on any atom is -0.378 e. The van der Waals surface area contributed by atoms with Gasteiger partial charge < -0.3 is 9.47 Å². The topological polar surface area (TPSA) is 21.7 Å². The molecule has 2 atom stereocenters. The van der Waals surface area contributed by atoms with Crippen LogP contribution in [-0.4, -0.2) is 42.9 Å². The van der Waals surface area contributed by atoms with E-state index >= 15 is 0 Å². The van der Waals surface area contributed by atoms with Crippen molar-refractivity contribution in [3.63, 3.8) is 0 Å². The molecule has 0 spiro atoms. The van der Waals surface area contributed by atoms with Gasteiger partial charge >= 0.3 is 0 Å². The highest BCUT2D eigenvalue weighted by molar-refractivity contribution is 5.22. The second-order valence-corrected chi connectivity index (χ2v) is 7.38. The molecule has 0 radical (unpaired) electrons. The Labute approximate surface area is 133 Å². The fourth-order valence-corrected chi connectivity index (χ4v) is 3.91. The lowest BCUT2D eigenvalue weighted by Gasteiger charge is -2.48. The van der Waals surface area contributed by atoms with Crippen LogP contribution in [0.3, 0.4) is 0 Å². The van der Waals surface area contributed by atoms with Crippen molar-refractivity contribution in [3.05, 3.63) is 35.4 Å². The van der Waals surface area contributed by atoms with Crippen molar-refractivity contribution >= 4 is 0 Å². The van der Waals surface area contributed by atoms with Crippen molar-refractivity contribution in [2.24, 2.45) is 5.92 Å². The third kappa shape index (κ3) is 3.37. The Morgan fingerprint density at radius 3 is 2.64 bits per heavy atom. The first-order valence-electron chi connectivity index (χ1n) is 8.78. The van der Waals surface area contributed by atoms with Crippen molar-refractivity contribution < 1.29 is 9.47 Å². The quantitative estimate of drug-likeness (QED) is 0.834. The standard InChI is InChI=1S/C19H27NO2/c1-14-3-2-4-16(7-14)10-20-17-8-19(22-11-15-5-6-15)9-18(20)13-21-12-17/h2-4,7,15,17-19H,5-6,8-13H2,1H3. The maximum absolute atomic E-state index is 6.18. The van der Waals surface area contributed by atoms with Crippen LogP contribution in [0.4, 0.5) is 0 Å². The molecule has 1 aromatic rings. The Morgan fingerprint density at radius 1 is 1.18 bits per heavy atom. The molecule has 0 N–H and O–H groups in total. The third-order valence-corrected chi connectivity index (χ3v) is 5.34. The molecule has 3 heteroatoms. The molecular formula is C19H27NO2. The van der Waals surface area contributed by atoms with Gasteiger partial charge in [-0.15, -0.1) is 0 Å². The molecule has 2 heterocycles. The van der Waals surface area contributed by atoms with Crippen LogP contribution in [0.1, 0.15) is 36.8 Å². The van der Waals surface area contributed by atoms with E-state index < -0.39 is 0 Å². The van der Waals surface area contributed by atoms with Gasteiger partial charge in [-0.1, -0.05) is 29.8 Å². The Balaban J connectivity index is 1.40. The number of piperidine rings is 1. The zero-order valence-corrected chi connectivity index (χ0v) is 13.5. The molecular weight excluding hydrogens is 274 g/mol. The molecule has 3 nitrogen and oxygen atoms in total. The molecule has 1 saturated carbocycles. The lowest BCUT2D eigenvalue weighted by molar-refractivity contribution is -0.123. The first kappa shape index (κ1) is 14.7. The van der Waals surface area contributed by atoms with E-state index in [1.165, 1.54) is 24.0 Å². The zero-order valence-electron chi connectivity index (χ0n) is 13.5. The third-order valence-electron chi connectivity index (χ3n) is 5.34. The Morgan fingerprint density at radius 2 is 1.95 bits per heavy atom. The molecule has 2 unspecified atom stereocenters. The zero-order chi connectivity index (χ0) is 14.9. The van der Waals surface area contributed by atoms with Crippen LogP contribution in [0.2, 0.25) is 0 Å². The summed E-state index contributed by atoms with van der Waals surface area (Å²) in [5.74, 6) is 0.862. The summed E-state index contributed by atoms with van der Waals surface area (Å²) in [6.45, 7) is 5.95. The maximum Gasteiger partial charge on any atom is 0.0623 e. The number of benzene rings is 1. The monoisotopic (exact) mass is 301 g/mol. The Bertz CT molecular complexity index is 500. The molecule has 120 valence electrons. The normalized spacial score (nSPS) is 32.1. The first-order chi connectivity index (χ1) is 10.8. The highest BCUT2D eigenvalue weighted by Gasteiger charge is 2.39. The predicted molar refractivity (Wildman–Crippen MR) is 86.8 cm³/mol. The summed E-state index contributed by atoms with van der Waals surface area (Å²) in [5, 5.41) is 0. The fourth-order valence-electron chi connectivity index (χ4n) is 3.91. The number of aryl methyl sites for hydroxylation is 1. The van der Waals surface area contributed by atoms with Crippen molar-refractivity contribution in [2.45, 2.75) is 57.3 Å². The lowest BCUT2D eigenvalue weighted by Crippen LogP contribution is -2.57. The summed E-state index contributed by atoms with van der Waals surface area (Å²) < 4.78 is 12.0. The number of fused-ring (bicyclic) bond motifs is 2. The van der Waals surface area contributed by atoms with Crippen LogP contribution in [0, 0.1) is 12.8 Å². The average molecular weight is 301 g/mol. The van der Waals surface area contributed by atoms with Crippen molar-refractivity contribution in [1.29, 1.82) is 0 Å². The molecule has 3 fully saturated rings. The highest BCUT2D eigenvalue weighted by atomic mass is 16.5. The molecule has 0 amide bonds. The summed E-state index contributed by atoms with van der Waals surface area (Å²) in [7, 11) is 0. The average Bonchev–Trinajstić information content (AvgIpc) is 3.29. The maximum atomic E-state index is 6.18. The van der Waals surface area contributed by atoms with Gasteiger partial charge in [-0.25, -0.2) is 0 Å². The number of ether oxygens (including phenoxy) is 2. The number of nitrogens with zero attached hydrogens (tertiary/aromatic N) is 1. The van der Waals surface area contributed by atoms with Crippen LogP contribution in [-0.2, 0) is 16.0 Å².